The predicted molar refractivity (Wildman–Crippen MR) is 44.6 cm³/mol. The number of quaternary nitrogens is 1. The highest BCUT2D eigenvalue weighted by Gasteiger charge is 2.11. The number of rotatable bonds is 0. The van der Waals surface area contributed by atoms with Gasteiger partial charge in [0, 0.05) is 18.9 Å². The maximum atomic E-state index is 5.66. The highest BCUT2D eigenvalue weighted by atomic mass is 15.1. The van der Waals surface area contributed by atoms with E-state index in [-0.39, 0.29) is 0 Å². The summed E-state index contributed by atoms with van der Waals surface area (Å²) in [5, 5.41) is 0. The summed E-state index contributed by atoms with van der Waals surface area (Å²) < 4.78 is 0. The molecule has 0 amide bonds. The quantitative estimate of drug-likeness (QED) is 0.454. The number of nitrogens with two attached hydrogens (primary N) is 1. The second-order valence-electron chi connectivity index (χ2n) is 2.59. The molecule has 2 heteroatoms. The minimum absolute atomic E-state index is 0.459. The van der Waals surface area contributed by atoms with Crippen molar-refractivity contribution in [2.75, 3.05) is 13.1 Å². The Morgan fingerprint density at radius 3 is 2.00 bits per heavy atom. The summed E-state index contributed by atoms with van der Waals surface area (Å²) in [6, 6.07) is 0.459. The lowest BCUT2D eigenvalue weighted by Gasteiger charge is -2.28. The molecule has 3 N–H and O–H groups in total. The Hall–Kier alpha value is -0.0800. The SMILES string of the molecule is CC.[CH2-][NH+]1CCC(N)CC1. The third kappa shape index (κ3) is 3.85. The monoisotopic (exact) mass is 144 g/mol. The summed E-state index contributed by atoms with van der Waals surface area (Å²) in [6.07, 6.45) is 2.30. The minimum atomic E-state index is 0.459. The molecule has 1 saturated heterocycles. The van der Waals surface area contributed by atoms with Crippen LogP contribution in [0.25, 0.3) is 0 Å². The fraction of sp³-hybridized carbons (Fsp3) is 0.875. The molecule has 0 spiro atoms. The van der Waals surface area contributed by atoms with Gasteiger partial charge in [0.25, 0.3) is 0 Å². The molecule has 1 fully saturated rings. The zero-order valence-electron chi connectivity index (χ0n) is 7.19. The van der Waals surface area contributed by atoms with Crippen molar-refractivity contribution in [2.24, 2.45) is 5.73 Å². The van der Waals surface area contributed by atoms with Crippen LogP contribution in [0.4, 0.5) is 0 Å². The van der Waals surface area contributed by atoms with Crippen LogP contribution in [0.1, 0.15) is 26.7 Å². The van der Waals surface area contributed by atoms with Gasteiger partial charge in [-0.2, -0.15) is 7.05 Å². The van der Waals surface area contributed by atoms with E-state index >= 15 is 0 Å². The average molecular weight is 144 g/mol. The van der Waals surface area contributed by atoms with Crippen LogP contribution in [0.5, 0.6) is 0 Å². The molecule has 0 aromatic rings. The summed E-state index contributed by atoms with van der Waals surface area (Å²) >= 11 is 0. The third-order valence-electron chi connectivity index (χ3n) is 1.74. The lowest BCUT2D eigenvalue weighted by molar-refractivity contribution is -0.859. The molecule has 0 aromatic carbocycles. The highest BCUT2D eigenvalue weighted by Crippen LogP contribution is 1.92. The topological polar surface area (TPSA) is 30.5 Å². The first-order chi connectivity index (χ1) is 4.79. The van der Waals surface area contributed by atoms with E-state index in [2.05, 4.69) is 7.05 Å². The van der Waals surface area contributed by atoms with Crippen LogP contribution in [-0.2, 0) is 0 Å². The summed E-state index contributed by atoms with van der Waals surface area (Å²) in [6.45, 7) is 6.31. The molecule has 0 radical (unpaired) electrons. The lowest BCUT2D eigenvalue weighted by atomic mass is 10.1. The predicted octanol–water partition coefficient (Wildman–Crippen LogP) is -0.190. The second-order valence-corrected chi connectivity index (χ2v) is 2.59. The number of hydrogen-bond donors (Lipinski definition) is 2. The van der Waals surface area contributed by atoms with Gasteiger partial charge in [-0.1, -0.05) is 13.8 Å². The smallest absolute Gasteiger partial charge is 0.0545 e. The highest BCUT2D eigenvalue weighted by molar-refractivity contribution is 4.62. The van der Waals surface area contributed by atoms with Crippen molar-refractivity contribution in [3.63, 3.8) is 0 Å². The van der Waals surface area contributed by atoms with Crippen LogP contribution < -0.4 is 10.6 Å². The van der Waals surface area contributed by atoms with Crippen molar-refractivity contribution in [3.8, 4) is 0 Å². The zero-order valence-corrected chi connectivity index (χ0v) is 7.19. The Morgan fingerprint density at radius 2 is 1.70 bits per heavy atom. The first-order valence-electron chi connectivity index (χ1n) is 4.21. The summed E-state index contributed by atoms with van der Waals surface area (Å²) in [5.74, 6) is 0. The fourth-order valence-corrected chi connectivity index (χ4v) is 1.05. The Balaban J connectivity index is 0.000000371. The van der Waals surface area contributed by atoms with E-state index < -0.39 is 0 Å². The largest absolute Gasteiger partial charge is 0.468 e. The van der Waals surface area contributed by atoms with Crippen LogP contribution in [0.15, 0.2) is 0 Å². The van der Waals surface area contributed by atoms with Crippen LogP contribution in [-0.4, -0.2) is 19.1 Å². The number of likely N-dealkylation sites (tertiary alicyclic amines) is 1. The van der Waals surface area contributed by atoms with E-state index in [1.54, 1.807) is 0 Å². The van der Waals surface area contributed by atoms with Gasteiger partial charge in [-0.25, -0.2) is 0 Å². The molecule has 1 heterocycles. The van der Waals surface area contributed by atoms with E-state index in [0.717, 1.165) is 25.9 Å². The fourth-order valence-electron chi connectivity index (χ4n) is 1.05. The molecule has 0 atom stereocenters. The average Bonchev–Trinajstić information content (AvgIpc) is 2.00. The van der Waals surface area contributed by atoms with Crippen LogP contribution in [0.2, 0.25) is 0 Å². The van der Waals surface area contributed by atoms with Gasteiger partial charge >= 0.3 is 0 Å². The van der Waals surface area contributed by atoms with Gasteiger partial charge in [0.05, 0.1) is 13.1 Å². The van der Waals surface area contributed by atoms with Crippen LogP contribution in [0.3, 0.4) is 0 Å². The van der Waals surface area contributed by atoms with Crippen molar-refractivity contribution in [3.05, 3.63) is 7.05 Å². The number of nitrogens with one attached hydrogen (secondary N) is 1. The van der Waals surface area contributed by atoms with Gasteiger partial charge in [-0.05, 0) is 0 Å². The molecule has 1 aliphatic heterocycles. The Labute approximate surface area is 64.4 Å². The van der Waals surface area contributed by atoms with Crippen molar-refractivity contribution >= 4 is 0 Å². The number of hydrogen-bond acceptors (Lipinski definition) is 1. The first kappa shape index (κ1) is 9.92. The van der Waals surface area contributed by atoms with Crippen molar-refractivity contribution in [1.82, 2.24) is 0 Å². The van der Waals surface area contributed by atoms with Gasteiger partial charge in [0.1, 0.15) is 0 Å². The Kier molecular flexibility index (Phi) is 5.64. The van der Waals surface area contributed by atoms with Gasteiger partial charge < -0.3 is 10.6 Å². The summed E-state index contributed by atoms with van der Waals surface area (Å²) in [4.78, 5) is 1.38. The van der Waals surface area contributed by atoms with E-state index in [0.29, 0.717) is 6.04 Å². The maximum absolute atomic E-state index is 5.66. The lowest BCUT2D eigenvalue weighted by Crippen LogP contribution is -3.08. The normalized spacial score (nSPS) is 32.4. The van der Waals surface area contributed by atoms with Gasteiger partial charge in [-0.15, -0.1) is 0 Å². The van der Waals surface area contributed by atoms with Crippen LogP contribution in [0, 0.1) is 7.05 Å². The maximum Gasteiger partial charge on any atom is 0.0545 e. The second kappa shape index (κ2) is 5.69. The molecule has 0 saturated carbocycles. The van der Waals surface area contributed by atoms with E-state index in [1.807, 2.05) is 13.8 Å². The molecule has 62 valence electrons. The van der Waals surface area contributed by atoms with E-state index in [1.165, 1.54) is 4.90 Å². The first-order valence-corrected chi connectivity index (χ1v) is 4.21. The molecule has 1 rings (SSSR count). The third-order valence-corrected chi connectivity index (χ3v) is 1.74. The molecule has 0 bridgehead atoms. The number of piperidine rings is 1. The minimum Gasteiger partial charge on any atom is -0.468 e. The molecule has 1 aliphatic rings. The molecule has 10 heavy (non-hydrogen) atoms. The van der Waals surface area contributed by atoms with Gasteiger partial charge in [0.15, 0.2) is 0 Å². The standard InChI is InChI=1S/C6H14N2.C2H6/c1-8-4-2-6(7)3-5-8;1-2/h6,8H,1-5,7H2;1-2H3. The van der Waals surface area contributed by atoms with Gasteiger partial charge in [-0.3, -0.25) is 0 Å². The van der Waals surface area contributed by atoms with E-state index in [9.17, 15) is 0 Å². The Bertz CT molecular complexity index is 55.7. The van der Waals surface area contributed by atoms with Crippen LogP contribution >= 0.6 is 0 Å². The van der Waals surface area contributed by atoms with Crippen molar-refractivity contribution in [1.29, 1.82) is 0 Å². The molecule has 0 aromatic heterocycles. The molecule has 0 unspecified atom stereocenters. The molecule has 2 nitrogen and oxygen atoms in total. The van der Waals surface area contributed by atoms with Crippen molar-refractivity contribution < 1.29 is 4.90 Å². The molecular weight excluding hydrogens is 124 g/mol. The van der Waals surface area contributed by atoms with E-state index in [4.69, 9.17) is 5.73 Å². The van der Waals surface area contributed by atoms with Crippen molar-refractivity contribution in [2.45, 2.75) is 32.7 Å². The Morgan fingerprint density at radius 1 is 1.30 bits per heavy atom. The zero-order chi connectivity index (χ0) is 7.98. The summed E-state index contributed by atoms with van der Waals surface area (Å²) in [5.41, 5.74) is 5.66. The molecule has 0 aliphatic carbocycles. The molecular formula is C8H20N2. The summed E-state index contributed by atoms with van der Waals surface area (Å²) in [7, 11) is 3.89. The van der Waals surface area contributed by atoms with Gasteiger partial charge in [0.2, 0.25) is 0 Å².